The average molecular weight is 540 g/mol. The van der Waals surface area contributed by atoms with E-state index in [9.17, 15) is 19.3 Å². The number of benzene rings is 3. The number of amides is 1. The molecule has 9 nitrogen and oxygen atoms in total. The largest absolute Gasteiger partial charge is 0.490 e. The Kier molecular flexibility index (Phi) is 9.30. The summed E-state index contributed by atoms with van der Waals surface area (Å²) in [6.45, 7) is 4.28. The van der Waals surface area contributed by atoms with E-state index in [2.05, 4.69) is 5.32 Å². The molecule has 0 spiro atoms. The summed E-state index contributed by atoms with van der Waals surface area (Å²) in [5, 5.41) is 14.5. The molecular weight excluding hydrogens is 513 g/mol. The van der Waals surface area contributed by atoms with Gasteiger partial charge in [-0.05, 0) is 42.8 Å². The quantitative estimate of drug-likeness (QED) is 0.124. The first-order valence-electron chi connectivity index (χ1n) is 12.0. The van der Waals surface area contributed by atoms with Crippen molar-refractivity contribution in [3.63, 3.8) is 0 Å². The Bertz CT molecular complexity index is 1390. The molecule has 0 aliphatic carbocycles. The fraction of sp³-hybridized carbons (Fsp3) is 0.259. The van der Waals surface area contributed by atoms with Gasteiger partial charge in [-0.1, -0.05) is 19.1 Å². The van der Waals surface area contributed by atoms with Gasteiger partial charge in [0, 0.05) is 30.0 Å². The number of hydrogen-bond acceptors (Lipinski definition) is 8. The molecule has 0 aliphatic heterocycles. The average Bonchev–Trinajstić information content (AvgIpc) is 3.34. The standard InChI is InChI=1S/C27H26FN3O6S/c1-2-11-35-12-13-36-14-15-37-24-17-19(29-26(32)18-7-10-21(28)23(16-18)31(33)34)8-9-20(24)27-30-22-5-3-4-6-25(22)38-27/h3-10,16-17H,2,11-15H2,1H3,(H,29,32). The van der Waals surface area contributed by atoms with Crippen molar-refractivity contribution in [3.05, 3.63) is 82.2 Å². The molecule has 0 saturated heterocycles. The molecule has 1 aromatic heterocycles. The third-order valence-corrected chi connectivity index (χ3v) is 6.44. The number of fused-ring (bicyclic) bond motifs is 1. The van der Waals surface area contributed by atoms with E-state index in [1.54, 1.807) is 18.2 Å². The number of rotatable bonds is 13. The minimum absolute atomic E-state index is 0.0468. The van der Waals surface area contributed by atoms with Crippen LogP contribution < -0.4 is 10.1 Å². The number of nitrogens with zero attached hydrogens (tertiary/aromatic N) is 2. The van der Waals surface area contributed by atoms with E-state index in [1.165, 1.54) is 17.4 Å². The van der Waals surface area contributed by atoms with Crippen LogP contribution in [-0.2, 0) is 9.47 Å². The number of carbonyl (C=O) groups excluding carboxylic acids is 1. The van der Waals surface area contributed by atoms with Gasteiger partial charge in [-0.15, -0.1) is 11.3 Å². The zero-order valence-electron chi connectivity index (χ0n) is 20.6. The molecule has 1 amide bonds. The van der Waals surface area contributed by atoms with E-state index in [0.29, 0.717) is 37.9 Å². The Morgan fingerprint density at radius 3 is 2.55 bits per heavy atom. The molecule has 1 N–H and O–H groups in total. The van der Waals surface area contributed by atoms with Gasteiger partial charge >= 0.3 is 5.69 Å². The number of para-hydroxylation sites is 1. The molecular formula is C27H26FN3O6S. The lowest BCUT2D eigenvalue weighted by Gasteiger charge is -2.13. The van der Waals surface area contributed by atoms with Crippen molar-refractivity contribution in [3.8, 4) is 16.3 Å². The van der Waals surface area contributed by atoms with Crippen LogP contribution in [0.25, 0.3) is 20.8 Å². The fourth-order valence-electron chi connectivity index (χ4n) is 3.56. The van der Waals surface area contributed by atoms with Crippen LogP contribution >= 0.6 is 11.3 Å². The number of aromatic nitrogens is 1. The second-order valence-electron chi connectivity index (χ2n) is 8.15. The van der Waals surface area contributed by atoms with Gasteiger partial charge in [-0.2, -0.15) is 4.39 Å². The summed E-state index contributed by atoms with van der Waals surface area (Å²) in [6.07, 6.45) is 0.947. The van der Waals surface area contributed by atoms with Crippen molar-refractivity contribution < 1.29 is 28.3 Å². The Labute approximate surface area is 222 Å². The maximum absolute atomic E-state index is 13.7. The second kappa shape index (κ2) is 13.0. The van der Waals surface area contributed by atoms with E-state index in [1.807, 2.05) is 31.2 Å². The third kappa shape index (κ3) is 6.88. The molecule has 4 rings (SSSR count). The monoisotopic (exact) mass is 539 g/mol. The number of halogens is 1. The number of nitrogens with one attached hydrogen (secondary N) is 1. The van der Waals surface area contributed by atoms with Crippen LogP contribution in [0.4, 0.5) is 15.8 Å². The molecule has 0 saturated carbocycles. The Balaban J connectivity index is 1.52. The molecule has 0 aliphatic rings. The maximum atomic E-state index is 13.7. The Hall–Kier alpha value is -3.93. The van der Waals surface area contributed by atoms with Crippen LogP contribution in [0.1, 0.15) is 23.7 Å². The Morgan fingerprint density at radius 1 is 1.03 bits per heavy atom. The van der Waals surface area contributed by atoms with E-state index < -0.39 is 22.3 Å². The fourth-order valence-corrected chi connectivity index (χ4v) is 4.55. The lowest BCUT2D eigenvalue weighted by atomic mass is 10.1. The van der Waals surface area contributed by atoms with Crippen LogP contribution in [0.2, 0.25) is 0 Å². The molecule has 0 fully saturated rings. The molecule has 4 aromatic rings. The van der Waals surface area contributed by atoms with Crippen molar-refractivity contribution >= 4 is 38.8 Å². The van der Waals surface area contributed by atoms with Crippen LogP contribution in [0.5, 0.6) is 5.75 Å². The SMILES string of the molecule is CCCOCCOCCOc1cc(NC(=O)c2ccc(F)c([N+](=O)[O-])c2)ccc1-c1nc2ccccc2s1. The first kappa shape index (κ1) is 27.1. The zero-order chi connectivity index (χ0) is 26.9. The number of thiazole rings is 1. The number of hydrogen-bond donors (Lipinski definition) is 1. The number of anilines is 1. The summed E-state index contributed by atoms with van der Waals surface area (Å²) in [5.41, 5.74) is 1.19. The highest BCUT2D eigenvalue weighted by atomic mass is 32.1. The predicted molar refractivity (Wildman–Crippen MR) is 143 cm³/mol. The summed E-state index contributed by atoms with van der Waals surface area (Å²) < 4.78 is 31.7. The van der Waals surface area contributed by atoms with Gasteiger partial charge in [0.1, 0.15) is 17.4 Å². The van der Waals surface area contributed by atoms with Crippen molar-refractivity contribution in [2.45, 2.75) is 13.3 Å². The van der Waals surface area contributed by atoms with Crippen molar-refractivity contribution in [1.29, 1.82) is 0 Å². The number of nitro groups is 1. The normalized spacial score (nSPS) is 11.0. The second-order valence-corrected chi connectivity index (χ2v) is 9.18. The molecule has 3 aromatic carbocycles. The summed E-state index contributed by atoms with van der Waals surface area (Å²) in [6, 6.07) is 15.9. The molecule has 0 atom stereocenters. The summed E-state index contributed by atoms with van der Waals surface area (Å²) in [7, 11) is 0. The van der Waals surface area contributed by atoms with Gasteiger partial charge in [0.2, 0.25) is 5.82 Å². The molecule has 0 radical (unpaired) electrons. The minimum atomic E-state index is -1.01. The summed E-state index contributed by atoms with van der Waals surface area (Å²) in [5.74, 6) is -1.15. The number of nitro benzene ring substituents is 1. The predicted octanol–water partition coefficient (Wildman–Crippen LogP) is 6.08. The first-order valence-corrected chi connectivity index (χ1v) is 12.8. The third-order valence-electron chi connectivity index (χ3n) is 5.37. The van der Waals surface area contributed by atoms with E-state index in [-0.39, 0.29) is 12.2 Å². The van der Waals surface area contributed by atoms with Crippen molar-refractivity contribution in [2.24, 2.45) is 0 Å². The van der Waals surface area contributed by atoms with Gasteiger partial charge in [-0.25, -0.2) is 4.98 Å². The van der Waals surface area contributed by atoms with Crippen LogP contribution in [0, 0.1) is 15.9 Å². The first-order chi connectivity index (χ1) is 18.5. The van der Waals surface area contributed by atoms with E-state index in [0.717, 1.165) is 39.3 Å². The minimum Gasteiger partial charge on any atom is -0.490 e. The van der Waals surface area contributed by atoms with Gasteiger partial charge < -0.3 is 19.5 Å². The number of ether oxygens (including phenoxy) is 3. The topological polar surface area (TPSA) is 113 Å². The lowest BCUT2D eigenvalue weighted by Crippen LogP contribution is -2.13. The van der Waals surface area contributed by atoms with Crippen LogP contribution in [-0.4, -0.2) is 48.8 Å². The zero-order valence-corrected chi connectivity index (χ0v) is 21.5. The molecule has 198 valence electrons. The van der Waals surface area contributed by atoms with Crippen molar-refractivity contribution in [2.75, 3.05) is 38.4 Å². The van der Waals surface area contributed by atoms with E-state index in [4.69, 9.17) is 19.2 Å². The Morgan fingerprint density at radius 2 is 1.79 bits per heavy atom. The van der Waals surface area contributed by atoms with E-state index >= 15 is 0 Å². The lowest BCUT2D eigenvalue weighted by molar-refractivity contribution is -0.387. The molecule has 11 heteroatoms. The van der Waals surface area contributed by atoms with Gasteiger partial charge in [-0.3, -0.25) is 14.9 Å². The summed E-state index contributed by atoms with van der Waals surface area (Å²) in [4.78, 5) is 27.6. The van der Waals surface area contributed by atoms with Crippen LogP contribution in [0.15, 0.2) is 60.7 Å². The molecule has 0 bridgehead atoms. The van der Waals surface area contributed by atoms with Crippen molar-refractivity contribution in [1.82, 2.24) is 4.98 Å². The van der Waals surface area contributed by atoms with Gasteiger partial charge in [0.05, 0.1) is 40.5 Å². The molecule has 0 unspecified atom stereocenters. The van der Waals surface area contributed by atoms with Gasteiger partial charge in [0.25, 0.3) is 5.91 Å². The maximum Gasteiger partial charge on any atom is 0.305 e. The van der Waals surface area contributed by atoms with Crippen LogP contribution in [0.3, 0.4) is 0 Å². The smallest absolute Gasteiger partial charge is 0.305 e. The highest BCUT2D eigenvalue weighted by Crippen LogP contribution is 2.37. The highest BCUT2D eigenvalue weighted by molar-refractivity contribution is 7.21. The molecule has 38 heavy (non-hydrogen) atoms. The molecule has 1 heterocycles. The number of carbonyl (C=O) groups is 1. The summed E-state index contributed by atoms with van der Waals surface area (Å²) >= 11 is 1.52. The highest BCUT2D eigenvalue weighted by Gasteiger charge is 2.19. The van der Waals surface area contributed by atoms with Gasteiger partial charge in [0.15, 0.2) is 0 Å².